The molecule has 1 unspecified atom stereocenters. The second kappa shape index (κ2) is 7.44. The van der Waals surface area contributed by atoms with Crippen LogP contribution >= 0.6 is 0 Å². The lowest BCUT2D eigenvalue weighted by molar-refractivity contribution is -0.174. The average Bonchev–Trinajstić information content (AvgIpc) is 2.29. The third kappa shape index (κ3) is 7.11. The highest BCUT2D eigenvalue weighted by Crippen LogP contribution is 2.14. The maximum atomic E-state index is 12.0. The lowest BCUT2D eigenvalue weighted by Gasteiger charge is -2.17. The number of rotatable bonds is 6. The van der Waals surface area contributed by atoms with Crippen LogP contribution in [-0.2, 0) is 9.59 Å². The Labute approximate surface area is 106 Å². The predicted octanol–water partition coefficient (Wildman–Crippen LogP) is -0.173. The standard InChI is InChI=1S/C9H14F3N3O4/c1-2-5(15-7(17)9(10,11)12)6(16)13-3-4-14-8(18)19/h5,14H,2-4H2,1H3,(H,13,16)(H,15,17)(H,18,19). The minimum absolute atomic E-state index is 0.0278. The van der Waals surface area contributed by atoms with Crippen LogP contribution in [0.25, 0.3) is 0 Å². The van der Waals surface area contributed by atoms with Crippen molar-refractivity contribution < 1.29 is 32.7 Å². The van der Waals surface area contributed by atoms with Crippen LogP contribution in [0.1, 0.15) is 13.3 Å². The fourth-order valence-corrected chi connectivity index (χ4v) is 1.07. The van der Waals surface area contributed by atoms with Gasteiger partial charge in [0, 0.05) is 13.1 Å². The number of hydrogen-bond acceptors (Lipinski definition) is 3. The van der Waals surface area contributed by atoms with Gasteiger partial charge in [-0.25, -0.2) is 4.79 Å². The molecule has 4 N–H and O–H groups in total. The molecule has 0 fully saturated rings. The van der Waals surface area contributed by atoms with Crippen molar-refractivity contribution in [2.75, 3.05) is 13.1 Å². The van der Waals surface area contributed by atoms with Gasteiger partial charge < -0.3 is 21.1 Å². The zero-order valence-corrected chi connectivity index (χ0v) is 10.0. The SMILES string of the molecule is CCC(NC(=O)C(F)(F)F)C(=O)NCCNC(=O)O. The van der Waals surface area contributed by atoms with E-state index in [1.165, 1.54) is 6.92 Å². The summed E-state index contributed by atoms with van der Waals surface area (Å²) in [7, 11) is 0. The molecular formula is C9H14F3N3O4. The van der Waals surface area contributed by atoms with Crippen molar-refractivity contribution in [3.05, 3.63) is 0 Å². The molecule has 0 radical (unpaired) electrons. The van der Waals surface area contributed by atoms with Crippen LogP contribution in [0.3, 0.4) is 0 Å². The largest absolute Gasteiger partial charge is 0.471 e. The van der Waals surface area contributed by atoms with Crippen molar-refractivity contribution in [2.45, 2.75) is 25.6 Å². The molecular weight excluding hydrogens is 271 g/mol. The quantitative estimate of drug-likeness (QED) is 0.508. The summed E-state index contributed by atoms with van der Waals surface area (Å²) in [4.78, 5) is 32.1. The molecule has 0 spiro atoms. The monoisotopic (exact) mass is 285 g/mol. The molecule has 0 heterocycles. The van der Waals surface area contributed by atoms with Gasteiger partial charge in [-0.2, -0.15) is 13.2 Å². The number of alkyl halides is 3. The summed E-state index contributed by atoms with van der Waals surface area (Å²) in [6.45, 7) is 1.24. The summed E-state index contributed by atoms with van der Waals surface area (Å²) in [5.74, 6) is -3.01. The Morgan fingerprint density at radius 3 is 2.11 bits per heavy atom. The van der Waals surface area contributed by atoms with E-state index in [2.05, 4.69) is 5.32 Å². The molecule has 0 saturated heterocycles. The Morgan fingerprint density at radius 2 is 1.68 bits per heavy atom. The summed E-state index contributed by atoms with van der Waals surface area (Å²) >= 11 is 0. The Morgan fingerprint density at radius 1 is 1.16 bits per heavy atom. The average molecular weight is 285 g/mol. The van der Waals surface area contributed by atoms with E-state index in [1.54, 1.807) is 5.32 Å². The zero-order chi connectivity index (χ0) is 15.1. The molecule has 1 atom stereocenters. The zero-order valence-electron chi connectivity index (χ0n) is 10.0. The first-order chi connectivity index (χ1) is 8.68. The molecule has 0 aliphatic carbocycles. The summed E-state index contributed by atoms with van der Waals surface area (Å²) in [6.07, 6.45) is -6.37. The molecule has 7 nitrogen and oxygen atoms in total. The highest BCUT2D eigenvalue weighted by molar-refractivity contribution is 5.89. The molecule has 0 aromatic heterocycles. The Bertz CT molecular complexity index is 346. The Hall–Kier alpha value is -2.00. The van der Waals surface area contributed by atoms with Gasteiger partial charge in [-0.1, -0.05) is 6.92 Å². The number of hydrogen-bond donors (Lipinski definition) is 4. The number of carbonyl (C=O) groups is 3. The van der Waals surface area contributed by atoms with Crippen molar-refractivity contribution in [1.82, 2.24) is 16.0 Å². The van der Waals surface area contributed by atoms with Gasteiger partial charge in [-0.15, -0.1) is 0 Å². The van der Waals surface area contributed by atoms with Crippen LogP contribution in [0.2, 0.25) is 0 Å². The van der Waals surface area contributed by atoms with Gasteiger partial charge in [0.25, 0.3) is 0 Å². The molecule has 19 heavy (non-hydrogen) atoms. The van der Waals surface area contributed by atoms with Gasteiger partial charge in [0.05, 0.1) is 0 Å². The van der Waals surface area contributed by atoms with Crippen molar-refractivity contribution in [3.63, 3.8) is 0 Å². The lowest BCUT2D eigenvalue weighted by Crippen LogP contribution is -2.51. The highest BCUT2D eigenvalue weighted by atomic mass is 19.4. The minimum Gasteiger partial charge on any atom is -0.465 e. The van der Waals surface area contributed by atoms with Gasteiger partial charge in [0.2, 0.25) is 5.91 Å². The predicted molar refractivity (Wildman–Crippen MR) is 57.3 cm³/mol. The van der Waals surface area contributed by atoms with Crippen molar-refractivity contribution in [1.29, 1.82) is 0 Å². The molecule has 110 valence electrons. The normalized spacial score (nSPS) is 12.4. The maximum absolute atomic E-state index is 12.0. The van der Waals surface area contributed by atoms with Crippen LogP contribution in [0, 0.1) is 0 Å². The van der Waals surface area contributed by atoms with Crippen LogP contribution < -0.4 is 16.0 Å². The van der Waals surface area contributed by atoms with E-state index in [-0.39, 0.29) is 19.5 Å². The van der Waals surface area contributed by atoms with Gasteiger partial charge in [-0.05, 0) is 6.42 Å². The number of nitrogens with one attached hydrogen (secondary N) is 3. The van der Waals surface area contributed by atoms with E-state index in [0.717, 1.165) is 0 Å². The third-order valence-electron chi connectivity index (χ3n) is 1.99. The second-order valence-electron chi connectivity index (χ2n) is 3.46. The van der Waals surface area contributed by atoms with Crippen LogP contribution in [0.15, 0.2) is 0 Å². The summed E-state index contributed by atoms with van der Waals surface area (Å²) in [6, 6.07) is -1.32. The summed E-state index contributed by atoms with van der Waals surface area (Å²) in [5.41, 5.74) is 0. The van der Waals surface area contributed by atoms with Crippen LogP contribution in [-0.4, -0.2) is 48.3 Å². The number of carbonyl (C=O) groups excluding carboxylic acids is 2. The fourth-order valence-electron chi connectivity index (χ4n) is 1.07. The van der Waals surface area contributed by atoms with Crippen molar-refractivity contribution >= 4 is 17.9 Å². The Kier molecular flexibility index (Phi) is 6.66. The van der Waals surface area contributed by atoms with Gasteiger partial charge in [0.1, 0.15) is 6.04 Å². The summed E-state index contributed by atoms with van der Waals surface area (Å²) < 4.78 is 36.0. The smallest absolute Gasteiger partial charge is 0.465 e. The molecule has 0 aromatic carbocycles. The first-order valence-electron chi connectivity index (χ1n) is 5.30. The van der Waals surface area contributed by atoms with Gasteiger partial charge in [-0.3, -0.25) is 9.59 Å². The Balaban J connectivity index is 4.18. The van der Waals surface area contributed by atoms with E-state index in [9.17, 15) is 27.6 Å². The molecule has 0 aromatic rings. The lowest BCUT2D eigenvalue weighted by atomic mass is 10.2. The van der Waals surface area contributed by atoms with E-state index < -0.39 is 30.1 Å². The molecule has 0 bridgehead atoms. The maximum Gasteiger partial charge on any atom is 0.471 e. The van der Waals surface area contributed by atoms with Crippen molar-refractivity contribution in [3.8, 4) is 0 Å². The van der Waals surface area contributed by atoms with Gasteiger partial charge >= 0.3 is 18.2 Å². The number of amides is 3. The van der Waals surface area contributed by atoms with E-state index >= 15 is 0 Å². The second-order valence-corrected chi connectivity index (χ2v) is 3.46. The first kappa shape index (κ1) is 17.0. The molecule has 0 rings (SSSR count). The topological polar surface area (TPSA) is 108 Å². The molecule has 10 heteroatoms. The fraction of sp³-hybridized carbons (Fsp3) is 0.667. The van der Waals surface area contributed by atoms with E-state index in [0.29, 0.717) is 0 Å². The van der Waals surface area contributed by atoms with E-state index in [4.69, 9.17) is 5.11 Å². The highest BCUT2D eigenvalue weighted by Gasteiger charge is 2.40. The number of carboxylic acid groups (broad SMARTS) is 1. The van der Waals surface area contributed by atoms with Crippen LogP contribution in [0.4, 0.5) is 18.0 Å². The molecule has 0 saturated carbocycles. The third-order valence-corrected chi connectivity index (χ3v) is 1.99. The van der Waals surface area contributed by atoms with Crippen LogP contribution in [0.5, 0.6) is 0 Å². The van der Waals surface area contributed by atoms with E-state index in [1.807, 2.05) is 5.32 Å². The molecule has 0 aliphatic rings. The molecule has 0 aliphatic heterocycles. The van der Waals surface area contributed by atoms with Crippen molar-refractivity contribution in [2.24, 2.45) is 0 Å². The summed E-state index contributed by atoms with van der Waals surface area (Å²) in [5, 5.41) is 13.9. The first-order valence-corrected chi connectivity index (χ1v) is 5.30. The van der Waals surface area contributed by atoms with Gasteiger partial charge in [0.15, 0.2) is 0 Å². The number of halogens is 3. The molecule has 3 amide bonds. The minimum atomic E-state index is -5.06.